The van der Waals surface area contributed by atoms with Gasteiger partial charge in [-0.1, -0.05) is 6.07 Å². The van der Waals surface area contributed by atoms with Crippen LogP contribution in [0.15, 0.2) is 18.3 Å². The highest BCUT2D eigenvalue weighted by atomic mass is 16.1. The van der Waals surface area contributed by atoms with Crippen LogP contribution < -0.4 is 10.6 Å². The molecule has 1 amide bonds. The number of pyridine rings is 1. The molecule has 1 aliphatic rings. The number of amides is 1. The number of hydrogen-bond acceptors (Lipinski definition) is 3. The van der Waals surface area contributed by atoms with Crippen molar-refractivity contribution in [3.05, 3.63) is 23.9 Å². The zero-order chi connectivity index (χ0) is 12.1. The Hall–Kier alpha value is -1.58. The summed E-state index contributed by atoms with van der Waals surface area (Å²) in [5.41, 5.74) is 1.15. The second kappa shape index (κ2) is 5.66. The van der Waals surface area contributed by atoms with E-state index in [4.69, 9.17) is 0 Å². The van der Waals surface area contributed by atoms with Gasteiger partial charge in [-0.3, -0.25) is 4.79 Å². The molecule has 2 rings (SSSR count). The molecule has 0 aliphatic heterocycles. The van der Waals surface area contributed by atoms with Crippen LogP contribution in [0.2, 0.25) is 0 Å². The van der Waals surface area contributed by atoms with Gasteiger partial charge in [0.15, 0.2) is 0 Å². The summed E-state index contributed by atoms with van der Waals surface area (Å²) < 4.78 is 0. The molecular weight excluding hydrogens is 214 g/mol. The number of hydrogen-bond donors (Lipinski definition) is 2. The van der Waals surface area contributed by atoms with Gasteiger partial charge in [-0.25, -0.2) is 4.98 Å². The summed E-state index contributed by atoms with van der Waals surface area (Å²) >= 11 is 0. The summed E-state index contributed by atoms with van der Waals surface area (Å²) in [7, 11) is 0. The Bertz CT molecular complexity index is 371. The maximum Gasteiger partial charge on any atom is 0.220 e. The van der Waals surface area contributed by atoms with Crippen LogP contribution in [-0.2, 0) is 4.79 Å². The van der Waals surface area contributed by atoms with Crippen molar-refractivity contribution in [2.45, 2.75) is 38.6 Å². The summed E-state index contributed by atoms with van der Waals surface area (Å²) in [6, 6.07) is 4.45. The van der Waals surface area contributed by atoms with Gasteiger partial charge in [0.25, 0.3) is 0 Å². The van der Waals surface area contributed by atoms with Gasteiger partial charge in [0.1, 0.15) is 5.82 Å². The van der Waals surface area contributed by atoms with Crippen LogP contribution in [0.4, 0.5) is 5.82 Å². The van der Waals surface area contributed by atoms with E-state index in [-0.39, 0.29) is 5.91 Å². The predicted molar refractivity (Wildman–Crippen MR) is 67.9 cm³/mol. The fourth-order valence-corrected chi connectivity index (χ4v) is 1.57. The van der Waals surface area contributed by atoms with Gasteiger partial charge >= 0.3 is 0 Å². The molecule has 0 atom stereocenters. The molecule has 92 valence electrons. The minimum Gasteiger partial charge on any atom is -0.370 e. The van der Waals surface area contributed by atoms with Crippen LogP contribution in [0.3, 0.4) is 0 Å². The third kappa shape index (κ3) is 4.43. The van der Waals surface area contributed by atoms with Crippen LogP contribution in [0, 0.1) is 6.92 Å². The lowest BCUT2D eigenvalue weighted by atomic mass is 10.3. The third-order valence-corrected chi connectivity index (χ3v) is 2.74. The summed E-state index contributed by atoms with van der Waals surface area (Å²) in [5, 5.41) is 6.18. The lowest BCUT2D eigenvalue weighted by molar-refractivity contribution is -0.121. The number of anilines is 1. The zero-order valence-corrected chi connectivity index (χ0v) is 10.2. The van der Waals surface area contributed by atoms with Gasteiger partial charge in [0.2, 0.25) is 5.91 Å². The number of nitrogens with zero attached hydrogens (tertiary/aromatic N) is 1. The van der Waals surface area contributed by atoms with Gasteiger partial charge in [-0.15, -0.1) is 0 Å². The van der Waals surface area contributed by atoms with E-state index in [0.717, 1.165) is 37.2 Å². The Morgan fingerprint density at radius 3 is 2.94 bits per heavy atom. The maximum atomic E-state index is 11.4. The van der Waals surface area contributed by atoms with Crippen molar-refractivity contribution in [2.24, 2.45) is 0 Å². The lowest BCUT2D eigenvalue weighted by Crippen LogP contribution is -2.25. The smallest absolute Gasteiger partial charge is 0.220 e. The highest BCUT2D eigenvalue weighted by Gasteiger charge is 2.22. The van der Waals surface area contributed by atoms with Gasteiger partial charge in [0.05, 0.1) is 0 Å². The number of nitrogens with one attached hydrogen (secondary N) is 2. The first-order valence-corrected chi connectivity index (χ1v) is 6.20. The molecule has 1 fully saturated rings. The van der Waals surface area contributed by atoms with E-state index in [2.05, 4.69) is 15.6 Å². The maximum absolute atomic E-state index is 11.4. The summed E-state index contributed by atoms with van der Waals surface area (Å²) in [5.74, 6) is 1.05. The molecule has 2 N–H and O–H groups in total. The Balaban J connectivity index is 1.59. The Morgan fingerprint density at radius 1 is 1.47 bits per heavy atom. The SMILES string of the molecule is Cc1ccc(NCCCC(=O)NC2CC2)nc1. The van der Waals surface area contributed by atoms with Gasteiger partial charge in [-0.05, 0) is 37.8 Å². The zero-order valence-electron chi connectivity index (χ0n) is 10.2. The van der Waals surface area contributed by atoms with Crippen molar-refractivity contribution in [1.29, 1.82) is 0 Å². The summed E-state index contributed by atoms with van der Waals surface area (Å²) in [6.07, 6.45) is 5.57. The highest BCUT2D eigenvalue weighted by molar-refractivity contribution is 5.76. The number of carbonyl (C=O) groups excluding carboxylic acids is 1. The standard InChI is InChI=1S/C13H19N3O/c1-10-4-7-12(15-9-10)14-8-2-3-13(17)16-11-5-6-11/h4,7,9,11H,2-3,5-6,8H2,1H3,(H,14,15)(H,16,17). The van der Waals surface area contributed by atoms with Crippen LogP contribution in [0.5, 0.6) is 0 Å². The molecular formula is C13H19N3O. The Morgan fingerprint density at radius 2 is 2.29 bits per heavy atom. The lowest BCUT2D eigenvalue weighted by Gasteiger charge is -2.06. The average molecular weight is 233 g/mol. The number of carbonyl (C=O) groups is 1. The van der Waals surface area contributed by atoms with Crippen LogP contribution in [-0.4, -0.2) is 23.5 Å². The molecule has 0 unspecified atom stereocenters. The second-order valence-electron chi connectivity index (χ2n) is 4.59. The molecule has 4 nitrogen and oxygen atoms in total. The van der Waals surface area contributed by atoms with E-state index >= 15 is 0 Å². The van der Waals surface area contributed by atoms with Crippen LogP contribution in [0.25, 0.3) is 0 Å². The van der Waals surface area contributed by atoms with Gasteiger partial charge in [-0.2, -0.15) is 0 Å². The van der Waals surface area contributed by atoms with Crippen molar-refractivity contribution in [3.63, 3.8) is 0 Å². The van der Waals surface area contributed by atoms with Gasteiger partial charge in [0, 0.05) is 25.2 Å². The normalized spacial score (nSPS) is 14.4. The summed E-state index contributed by atoms with van der Waals surface area (Å²) in [4.78, 5) is 15.6. The van der Waals surface area contributed by atoms with Crippen LogP contribution in [0.1, 0.15) is 31.2 Å². The molecule has 1 saturated carbocycles. The molecule has 0 spiro atoms. The molecule has 1 aromatic rings. The first-order chi connectivity index (χ1) is 8.24. The number of aromatic nitrogens is 1. The molecule has 4 heteroatoms. The number of aryl methyl sites for hydroxylation is 1. The molecule has 0 aromatic carbocycles. The van der Waals surface area contributed by atoms with Crippen LogP contribution >= 0.6 is 0 Å². The summed E-state index contributed by atoms with van der Waals surface area (Å²) in [6.45, 7) is 2.80. The largest absolute Gasteiger partial charge is 0.370 e. The first kappa shape index (κ1) is 11.9. The van der Waals surface area contributed by atoms with E-state index in [1.807, 2.05) is 25.3 Å². The topological polar surface area (TPSA) is 54.0 Å². The fourth-order valence-electron chi connectivity index (χ4n) is 1.57. The van der Waals surface area contributed by atoms with Crippen molar-refractivity contribution < 1.29 is 4.79 Å². The van der Waals surface area contributed by atoms with E-state index < -0.39 is 0 Å². The average Bonchev–Trinajstić information content (AvgIpc) is 3.11. The highest BCUT2D eigenvalue weighted by Crippen LogP contribution is 2.18. The molecule has 17 heavy (non-hydrogen) atoms. The molecule has 1 aliphatic carbocycles. The minimum atomic E-state index is 0.172. The molecule has 0 saturated heterocycles. The fraction of sp³-hybridized carbons (Fsp3) is 0.538. The molecule has 1 heterocycles. The van der Waals surface area contributed by atoms with Crippen molar-refractivity contribution in [3.8, 4) is 0 Å². The Kier molecular flexibility index (Phi) is 3.96. The quantitative estimate of drug-likeness (QED) is 0.737. The van der Waals surface area contributed by atoms with E-state index in [9.17, 15) is 4.79 Å². The third-order valence-electron chi connectivity index (χ3n) is 2.74. The first-order valence-electron chi connectivity index (χ1n) is 6.20. The number of rotatable bonds is 6. The van der Waals surface area contributed by atoms with Gasteiger partial charge < -0.3 is 10.6 Å². The van der Waals surface area contributed by atoms with Crippen molar-refractivity contribution >= 4 is 11.7 Å². The van der Waals surface area contributed by atoms with E-state index in [1.54, 1.807) is 0 Å². The monoisotopic (exact) mass is 233 g/mol. The van der Waals surface area contributed by atoms with Crippen molar-refractivity contribution in [2.75, 3.05) is 11.9 Å². The minimum absolute atomic E-state index is 0.172. The Labute approximate surface area is 102 Å². The van der Waals surface area contributed by atoms with E-state index in [0.29, 0.717) is 12.5 Å². The molecule has 0 radical (unpaired) electrons. The molecule has 0 bridgehead atoms. The second-order valence-corrected chi connectivity index (χ2v) is 4.59. The molecule has 1 aromatic heterocycles. The predicted octanol–water partition coefficient (Wildman–Crippen LogP) is 1.86. The van der Waals surface area contributed by atoms with Crippen molar-refractivity contribution in [1.82, 2.24) is 10.3 Å². The van der Waals surface area contributed by atoms with E-state index in [1.165, 1.54) is 0 Å².